The van der Waals surface area contributed by atoms with E-state index in [1.165, 1.54) is 0 Å². The summed E-state index contributed by atoms with van der Waals surface area (Å²) in [6, 6.07) is 9.00. The molecule has 0 bridgehead atoms. The molecule has 1 aliphatic rings. The molecule has 1 N–H and O–H groups in total. The average molecular weight is 285 g/mol. The topological polar surface area (TPSA) is 75.4 Å². The van der Waals surface area contributed by atoms with Gasteiger partial charge in [-0.15, -0.1) is 0 Å². The van der Waals surface area contributed by atoms with Gasteiger partial charge in [-0.1, -0.05) is 12.1 Å². The monoisotopic (exact) mass is 285 g/mol. The molecule has 0 radical (unpaired) electrons. The molecule has 6 heteroatoms. The van der Waals surface area contributed by atoms with Crippen molar-refractivity contribution in [3.8, 4) is 5.69 Å². The van der Waals surface area contributed by atoms with Crippen LogP contribution in [-0.4, -0.2) is 44.8 Å². The Labute approximate surface area is 121 Å². The molecule has 1 amide bonds. The lowest BCUT2D eigenvalue weighted by Crippen LogP contribution is -2.30. The number of carboxylic acids is 1. The van der Waals surface area contributed by atoms with Crippen LogP contribution in [0.4, 0.5) is 0 Å². The van der Waals surface area contributed by atoms with Crippen LogP contribution in [0.2, 0.25) is 0 Å². The Kier molecular flexibility index (Phi) is 3.43. The second-order valence-electron chi connectivity index (χ2n) is 5.04. The molecule has 6 nitrogen and oxygen atoms in total. The Balaban J connectivity index is 1.88. The Hall–Kier alpha value is -2.63. The Morgan fingerprint density at radius 1 is 1.24 bits per heavy atom. The fourth-order valence-electron chi connectivity index (χ4n) is 2.58. The summed E-state index contributed by atoms with van der Waals surface area (Å²) in [7, 11) is 0. The van der Waals surface area contributed by atoms with E-state index >= 15 is 0 Å². The first kappa shape index (κ1) is 13.4. The fourth-order valence-corrected chi connectivity index (χ4v) is 2.58. The summed E-state index contributed by atoms with van der Waals surface area (Å²) in [6.07, 6.45) is 3.93. The highest BCUT2D eigenvalue weighted by Gasteiger charge is 2.32. The summed E-state index contributed by atoms with van der Waals surface area (Å²) >= 11 is 0. The van der Waals surface area contributed by atoms with Crippen molar-refractivity contribution in [2.45, 2.75) is 6.42 Å². The molecule has 2 aromatic rings. The van der Waals surface area contributed by atoms with Crippen LogP contribution in [0.25, 0.3) is 5.69 Å². The number of carbonyl (C=O) groups is 2. The van der Waals surface area contributed by atoms with Crippen LogP contribution >= 0.6 is 0 Å². The van der Waals surface area contributed by atoms with Crippen molar-refractivity contribution in [1.29, 1.82) is 0 Å². The van der Waals surface area contributed by atoms with Gasteiger partial charge < -0.3 is 10.0 Å². The summed E-state index contributed by atoms with van der Waals surface area (Å²) in [5.41, 5.74) is 1.23. The highest BCUT2D eigenvalue weighted by molar-refractivity contribution is 5.98. The van der Waals surface area contributed by atoms with Crippen LogP contribution in [0.3, 0.4) is 0 Å². The number of carbonyl (C=O) groups excluding carboxylic acids is 1. The number of aromatic nitrogens is 2. The molecule has 2 heterocycles. The van der Waals surface area contributed by atoms with Crippen molar-refractivity contribution >= 4 is 11.9 Å². The van der Waals surface area contributed by atoms with Gasteiger partial charge in [-0.25, -0.2) is 4.68 Å². The lowest BCUT2D eigenvalue weighted by Gasteiger charge is -2.18. The number of amides is 1. The van der Waals surface area contributed by atoms with E-state index in [9.17, 15) is 9.59 Å². The van der Waals surface area contributed by atoms with Crippen LogP contribution in [0.15, 0.2) is 42.7 Å². The average Bonchev–Trinajstić information content (AvgIpc) is 3.18. The summed E-state index contributed by atoms with van der Waals surface area (Å²) in [5, 5.41) is 13.2. The molecule has 0 unspecified atom stereocenters. The highest BCUT2D eigenvalue weighted by atomic mass is 16.4. The molecule has 0 spiro atoms. The second-order valence-corrected chi connectivity index (χ2v) is 5.04. The summed E-state index contributed by atoms with van der Waals surface area (Å²) < 4.78 is 1.64. The number of rotatable bonds is 3. The maximum Gasteiger partial charge on any atom is 0.308 e. The standard InChI is InChI=1S/C15H15N3O3/c19-14(17-9-6-11(10-17)15(20)21)12-4-1-2-5-13(12)18-8-3-7-16-18/h1-5,7-8,11H,6,9-10H2,(H,20,21)/t11-/m0/s1. The van der Waals surface area contributed by atoms with Gasteiger partial charge in [0.15, 0.2) is 0 Å². The minimum atomic E-state index is -0.842. The van der Waals surface area contributed by atoms with Gasteiger partial charge in [0.1, 0.15) is 0 Å². The van der Waals surface area contributed by atoms with E-state index in [4.69, 9.17) is 5.11 Å². The van der Waals surface area contributed by atoms with Crippen molar-refractivity contribution in [2.24, 2.45) is 5.92 Å². The number of hydrogen-bond acceptors (Lipinski definition) is 3. The number of benzene rings is 1. The van der Waals surface area contributed by atoms with Gasteiger partial charge in [0.25, 0.3) is 5.91 Å². The minimum absolute atomic E-state index is 0.148. The second kappa shape index (κ2) is 5.40. The molecule has 108 valence electrons. The van der Waals surface area contributed by atoms with E-state index in [0.29, 0.717) is 24.2 Å². The van der Waals surface area contributed by atoms with Crippen LogP contribution in [0.5, 0.6) is 0 Å². The van der Waals surface area contributed by atoms with Gasteiger partial charge in [0, 0.05) is 25.5 Å². The first-order chi connectivity index (χ1) is 10.2. The summed E-state index contributed by atoms with van der Waals surface area (Å²) in [6.45, 7) is 0.741. The molecule has 0 saturated carbocycles. The molecule has 1 atom stereocenters. The van der Waals surface area contributed by atoms with E-state index in [1.807, 2.05) is 12.1 Å². The maximum atomic E-state index is 12.6. The molecule has 1 fully saturated rings. The highest BCUT2D eigenvalue weighted by Crippen LogP contribution is 2.22. The van der Waals surface area contributed by atoms with Crippen molar-refractivity contribution in [1.82, 2.24) is 14.7 Å². The number of likely N-dealkylation sites (tertiary alicyclic amines) is 1. The number of para-hydroxylation sites is 1. The van der Waals surface area contributed by atoms with Crippen molar-refractivity contribution < 1.29 is 14.7 Å². The predicted octanol–water partition coefficient (Wildman–Crippen LogP) is 1.42. The molecule has 1 aromatic heterocycles. The number of aliphatic carboxylic acids is 1. The summed E-state index contributed by atoms with van der Waals surface area (Å²) in [5.74, 6) is -1.46. The third-order valence-electron chi connectivity index (χ3n) is 3.71. The van der Waals surface area contributed by atoms with Crippen molar-refractivity contribution in [2.75, 3.05) is 13.1 Å². The van der Waals surface area contributed by atoms with E-state index in [1.54, 1.807) is 40.2 Å². The maximum absolute atomic E-state index is 12.6. The van der Waals surface area contributed by atoms with Crippen LogP contribution in [0, 0.1) is 5.92 Å². The number of carboxylic acid groups (broad SMARTS) is 1. The van der Waals surface area contributed by atoms with Crippen molar-refractivity contribution in [3.05, 3.63) is 48.3 Å². The smallest absolute Gasteiger partial charge is 0.308 e. The molecular weight excluding hydrogens is 270 g/mol. The largest absolute Gasteiger partial charge is 0.481 e. The van der Waals surface area contributed by atoms with E-state index in [2.05, 4.69) is 5.10 Å². The zero-order valence-corrected chi connectivity index (χ0v) is 11.3. The van der Waals surface area contributed by atoms with Gasteiger partial charge in [0.2, 0.25) is 0 Å². The third-order valence-corrected chi connectivity index (χ3v) is 3.71. The molecule has 21 heavy (non-hydrogen) atoms. The molecule has 1 saturated heterocycles. The number of hydrogen-bond donors (Lipinski definition) is 1. The zero-order valence-electron chi connectivity index (χ0n) is 11.3. The molecule has 3 rings (SSSR count). The van der Waals surface area contributed by atoms with Gasteiger partial charge >= 0.3 is 5.97 Å². The lowest BCUT2D eigenvalue weighted by atomic mass is 10.1. The van der Waals surface area contributed by atoms with Gasteiger partial charge in [-0.3, -0.25) is 9.59 Å². The van der Waals surface area contributed by atoms with Gasteiger partial charge in [-0.05, 0) is 24.6 Å². The lowest BCUT2D eigenvalue weighted by molar-refractivity contribution is -0.141. The quantitative estimate of drug-likeness (QED) is 0.925. The van der Waals surface area contributed by atoms with Crippen LogP contribution in [-0.2, 0) is 4.79 Å². The molecule has 1 aliphatic heterocycles. The minimum Gasteiger partial charge on any atom is -0.481 e. The molecule has 1 aromatic carbocycles. The first-order valence-corrected chi connectivity index (χ1v) is 6.78. The van der Waals surface area contributed by atoms with Crippen molar-refractivity contribution in [3.63, 3.8) is 0 Å². The SMILES string of the molecule is O=C(O)[C@H]1CCN(C(=O)c2ccccc2-n2cccn2)C1. The van der Waals surface area contributed by atoms with Gasteiger partial charge in [-0.2, -0.15) is 5.10 Å². The van der Waals surface area contributed by atoms with Crippen LogP contribution in [0.1, 0.15) is 16.8 Å². The van der Waals surface area contributed by atoms with E-state index < -0.39 is 11.9 Å². The number of nitrogens with zero attached hydrogens (tertiary/aromatic N) is 3. The Morgan fingerprint density at radius 2 is 2.05 bits per heavy atom. The van der Waals surface area contributed by atoms with E-state index in [-0.39, 0.29) is 12.5 Å². The van der Waals surface area contributed by atoms with E-state index in [0.717, 1.165) is 0 Å². The Morgan fingerprint density at radius 3 is 2.71 bits per heavy atom. The molecule has 0 aliphatic carbocycles. The normalized spacial score (nSPS) is 17.9. The predicted molar refractivity (Wildman–Crippen MR) is 75.2 cm³/mol. The first-order valence-electron chi connectivity index (χ1n) is 6.78. The van der Waals surface area contributed by atoms with Crippen LogP contribution < -0.4 is 0 Å². The zero-order chi connectivity index (χ0) is 14.8. The van der Waals surface area contributed by atoms with Gasteiger partial charge in [0.05, 0.1) is 17.2 Å². The third kappa shape index (κ3) is 2.52. The fraction of sp³-hybridized carbons (Fsp3) is 0.267. The molecular formula is C15H15N3O3. The Bertz CT molecular complexity index is 667. The summed E-state index contributed by atoms with van der Waals surface area (Å²) in [4.78, 5) is 25.2.